The van der Waals surface area contributed by atoms with Gasteiger partial charge in [-0.1, -0.05) is 6.07 Å². The van der Waals surface area contributed by atoms with Crippen LogP contribution in [-0.2, 0) is 14.3 Å². The normalized spacial score (nSPS) is 15.1. The minimum Gasteiger partial charge on any atom is -0.465 e. The number of rotatable bonds is 4. The molecule has 0 atom stereocenters. The van der Waals surface area contributed by atoms with Crippen LogP contribution in [0.1, 0.15) is 21.7 Å². The largest absolute Gasteiger partial charge is 0.465 e. The Morgan fingerprint density at radius 1 is 1.12 bits per heavy atom. The number of carbonyl (C=O) groups is 3. The van der Waals surface area contributed by atoms with Crippen molar-refractivity contribution in [2.45, 2.75) is 6.92 Å². The summed E-state index contributed by atoms with van der Waals surface area (Å²) in [5.74, 6) is -1.48. The van der Waals surface area contributed by atoms with E-state index >= 15 is 0 Å². The number of anilines is 1. The van der Waals surface area contributed by atoms with Gasteiger partial charge in [0.25, 0.3) is 11.8 Å². The average molecular weight is 464 g/mol. The molecule has 0 radical (unpaired) electrons. The van der Waals surface area contributed by atoms with Crippen LogP contribution in [-0.4, -0.2) is 30.0 Å². The molecule has 0 spiro atoms. The number of methoxy groups -OCH3 is 1. The molecule has 1 aromatic heterocycles. The lowest BCUT2D eigenvalue weighted by Crippen LogP contribution is -2.54. The van der Waals surface area contributed by atoms with Gasteiger partial charge in [0.2, 0.25) is 0 Å². The smallest absolute Gasteiger partial charge is 0.337 e. The van der Waals surface area contributed by atoms with Crippen molar-refractivity contribution in [3.8, 4) is 11.3 Å². The third-order valence-electron chi connectivity index (χ3n) is 5.01. The number of hydrogen-bond acceptors (Lipinski definition) is 6. The van der Waals surface area contributed by atoms with Gasteiger partial charge in [0.05, 0.1) is 18.4 Å². The summed E-state index contributed by atoms with van der Waals surface area (Å²) in [6.07, 6.45) is 1.32. The number of amides is 2. The second-order valence-electron chi connectivity index (χ2n) is 7.16. The molecule has 4 rings (SSSR count). The van der Waals surface area contributed by atoms with E-state index in [0.717, 1.165) is 16.0 Å². The van der Waals surface area contributed by atoms with Gasteiger partial charge in [0.1, 0.15) is 22.9 Å². The highest BCUT2D eigenvalue weighted by atomic mass is 32.1. The lowest BCUT2D eigenvalue weighted by Gasteiger charge is -2.28. The fraction of sp³-hybridized carbons (Fsp3) is 0.0833. The first-order valence-corrected chi connectivity index (χ1v) is 10.2. The summed E-state index contributed by atoms with van der Waals surface area (Å²) in [6.45, 7) is 1.82. The second-order valence-corrected chi connectivity index (χ2v) is 7.54. The summed E-state index contributed by atoms with van der Waals surface area (Å²) in [5, 5.41) is 2.36. The van der Waals surface area contributed by atoms with E-state index in [0.29, 0.717) is 17.0 Å². The molecule has 0 unspecified atom stereocenters. The molecule has 0 saturated carbocycles. The first-order chi connectivity index (χ1) is 15.8. The number of nitrogens with one attached hydrogen (secondary N) is 1. The molecule has 1 saturated heterocycles. The van der Waals surface area contributed by atoms with Crippen LogP contribution in [0.2, 0.25) is 0 Å². The highest BCUT2D eigenvalue weighted by Crippen LogP contribution is 2.28. The molecule has 1 N–H and O–H groups in total. The van der Waals surface area contributed by atoms with Gasteiger partial charge in [-0.05, 0) is 79.3 Å². The van der Waals surface area contributed by atoms with Gasteiger partial charge in [0.15, 0.2) is 5.11 Å². The predicted octanol–water partition coefficient (Wildman–Crippen LogP) is 4.01. The third-order valence-corrected chi connectivity index (χ3v) is 5.30. The van der Waals surface area contributed by atoms with Crippen molar-refractivity contribution in [1.29, 1.82) is 0 Å². The number of benzene rings is 2. The number of nitrogens with zero attached hydrogens (tertiary/aromatic N) is 1. The van der Waals surface area contributed by atoms with Gasteiger partial charge in [-0.3, -0.25) is 19.8 Å². The van der Waals surface area contributed by atoms with Gasteiger partial charge >= 0.3 is 5.97 Å². The maximum absolute atomic E-state index is 13.3. The molecule has 1 fully saturated rings. The molecule has 166 valence electrons. The Kier molecular flexibility index (Phi) is 5.89. The Labute approximate surface area is 193 Å². The minimum atomic E-state index is -0.667. The van der Waals surface area contributed by atoms with Gasteiger partial charge < -0.3 is 9.15 Å². The van der Waals surface area contributed by atoms with E-state index < -0.39 is 23.6 Å². The van der Waals surface area contributed by atoms with Gasteiger partial charge in [-0.25, -0.2) is 9.18 Å². The average Bonchev–Trinajstić information content (AvgIpc) is 3.25. The Hall–Kier alpha value is -4.11. The van der Waals surface area contributed by atoms with E-state index in [9.17, 15) is 18.8 Å². The first-order valence-electron chi connectivity index (χ1n) is 9.74. The van der Waals surface area contributed by atoms with Gasteiger partial charge in [-0.2, -0.15) is 0 Å². The number of carbonyl (C=O) groups excluding carboxylic acids is 3. The van der Waals surface area contributed by atoms with E-state index in [4.69, 9.17) is 21.4 Å². The molecule has 7 nitrogen and oxygen atoms in total. The summed E-state index contributed by atoms with van der Waals surface area (Å²) in [5.41, 5.74) is 2.06. The lowest BCUT2D eigenvalue weighted by atomic mass is 10.0. The highest BCUT2D eigenvalue weighted by molar-refractivity contribution is 7.80. The molecule has 9 heteroatoms. The van der Waals surface area contributed by atoms with E-state index in [2.05, 4.69) is 5.32 Å². The number of thiocarbonyl (C=S) groups is 1. The standard InChI is InChI=1S/C24H17FN2O5S/c1-13-11-14(23(30)31-2)3-9-18(13)20-10-8-17(32-20)12-19-21(28)26-24(33)27(22(19)29)16-6-4-15(25)5-7-16/h3-12H,1-2H3,(H,26,28,33)/b19-12-. The quantitative estimate of drug-likeness (QED) is 0.272. The fourth-order valence-corrected chi connectivity index (χ4v) is 3.67. The topological polar surface area (TPSA) is 88.9 Å². The van der Waals surface area contributed by atoms with Gasteiger partial charge in [0, 0.05) is 5.56 Å². The predicted molar refractivity (Wildman–Crippen MR) is 123 cm³/mol. The molecule has 3 aromatic rings. The summed E-state index contributed by atoms with van der Waals surface area (Å²) in [4.78, 5) is 38.3. The molecule has 0 aliphatic carbocycles. The molecule has 1 aliphatic rings. The number of halogens is 1. The Morgan fingerprint density at radius 2 is 1.85 bits per heavy atom. The summed E-state index contributed by atoms with van der Waals surface area (Å²) < 4.78 is 23.8. The zero-order chi connectivity index (χ0) is 23.7. The summed E-state index contributed by atoms with van der Waals surface area (Å²) >= 11 is 5.13. The molecule has 2 aromatic carbocycles. The van der Waals surface area contributed by atoms with Crippen molar-refractivity contribution >= 4 is 46.9 Å². The van der Waals surface area contributed by atoms with Crippen LogP contribution in [0.5, 0.6) is 0 Å². The van der Waals surface area contributed by atoms with E-state index in [1.807, 2.05) is 6.92 Å². The summed E-state index contributed by atoms with van der Waals surface area (Å²) in [6, 6.07) is 13.5. The van der Waals surface area contributed by atoms with E-state index in [-0.39, 0.29) is 16.4 Å². The van der Waals surface area contributed by atoms with Crippen LogP contribution in [0.15, 0.2) is 64.6 Å². The summed E-state index contributed by atoms with van der Waals surface area (Å²) in [7, 11) is 1.31. The number of furan rings is 1. The molecule has 2 amide bonds. The van der Waals surface area contributed by atoms with Crippen LogP contribution >= 0.6 is 12.2 Å². The van der Waals surface area contributed by atoms with Crippen LogP contribution in [0.4, 0.5) is 10.1 Å². The van der Waals surface area contributed by atoms with Crippen molar-refractivity contribution in [3.63, 3.8) is 0 Å². The molecular formula is C24H17FN2O5S. The van der Waals surface area contributed by atoms with E-state index in [1.54, 1.807) is 30.3 Å². The third kappa shape index (κ3) is 4.31. The minimum absolute atomic E-state index is 0.102. The number of esters is 1. The zero-order valence-electron chi connectivity index (χ0n) is 17.5. The monoisotopic (exact) mass is 464 g/mol. The van der Waals surface area contributed by atoms with Crippen LogP contribution in [0.3, 0.4) is 0 Å². The fourth-order valence-electron chi connectivity index (χ4n) is 3.38. The number of ether oxygens (including phenoxy) is 1. The Balaban J connectivity index is 1.65. The molecule has 0 bridgehead atoms. The molecule has 1 aliphatic heterocycles. The van der Waals surface area contributed by atoms with Crippen molar-refractivity contribution in [2.75, 3.05) is 12.0 Å². The molecule has 2 heterocycles. The second kappa shape index (κ2) is 8.79. The Bertz CT molecular complexity index is 1330. The van der Waals surface area contributed by atoms with Crippen molar-refractivity contribution in [2.24, 2.45) is 0 Å². The molecule has 33 heavy (non-hydrogen) atoms. The lowest BCUT2D eigenvalue weighted by molar-refractivity contribution is -0.122. The van der Waals surface area contributed by atoms with Crippen LogP contribution < -0.4 is 10.2 Å². The highest BCUT2D eigenvalue weighted by Gasteiger charge is 2.34. The number of aryl methyl sites for hydroxylation is 1. The van der Waals surface area contributed by atoms with Crippen LogP contribution in [0.25, 0.3) is 17.4 Å². The SMILES string of the molecule is COC(=O)c1ccc(-c2ccc(/C=C3/C(=O)NC(=S)N(c4ccc(F)cc4)C3=O)o2)c(C)c1. The van der Waals surface area contributed by atoms with E-state index in [1.165, 1.54) is 37.5 Å². The first kappa shape index (κ1) is 22.1. The number of hydrogen-bond donors (Lipinski definition) is 1. The Morgan fingerprint density at radius 3 is 2.52 bits per heavy atom. The maximum atomic E-state index is 13.3. The molecular weight excluding hydrogens is 447 g/mol. The van der Waals surface area contributed by atoms with Crippen molar-refractivity contribution in [1.82, 2.24) is 5.32 Å². The van der Waals surface area contributed by atoms with Gasteiger partial charge in [-0.15, -0.1) is 0 Å². The maximum Gasteiger partial charge on any atom is 0.337 e. The van der Waals surface area contributed by atoms with Crippen molar-refractivity contribution in [3.05, 3.63) is 82.9 Å². The van der Waals surface area contributed by atoms with Crippen molar-refractivity contribution < 1.29 is 27.9 Å². The zero-order valence-corrected chi connectivity index (χ0v) is 18.4. The van der Waals surface area contributed by atoms with Crippen LogP contribution in [0, 0.1) is 12.7 Å².